The zero-order valence-electron chi connectivity index (χ0n) is 14.8. The number of piperidine rings is 1. The number of hydrogen-bond acceptors (Lipinski definition) is 4. The van der Waals surface area contributed by atoms with Crippen molar-refractivity contribution >= 4 is 16.8 Å². The average molecular weight is 355 g/mol. The second kappa shape index (κ2) is 6.52. The Labute approximate surface area is 152 Å². The molecular weight excluding hydrogens is 330 g/mol. The van der Waals surface area contributed by atoms with Gasteiger partial charge in [0, 0.05) is 46.7 Å². The third kappa shape index (κ3) is 3.04. The van der Waals surface area contributed by atoms with Gasteiger partial charge in [-0.05, 0) is 50.4 Å². The van der Waals surface area contributed by atoms with Gasteiger partial charge in [-0.1, -0.05) is 6.42 Å². The molecule has 6 nitrogen and oxygen atoms in total. The Morgan fingerprint density at radius 2 is 2.12 bits per heavy atom. The van der Waals surface area contributed by atoms with Crippen LogP contribution in [0, 0.1) is 5.41 Å². The lowest BCUT2D eigenvalue weighted by molar-refractivity contribution is -0.0123. The second-order valence-corrected chi connectivity index (χ2v) is 7.87. The van der Waals surface area contributed by atoms with Crippen LogP contribution >= 0.6 is 0 Å². The van der Waals surface area contributed by atoms with Crippen molar-refractivity contribution < 1.29 is 9.90 Å². The molecule has 1 aromatic carbocycles. The summed E-state index contributed by atoms with van der Waals surface area (Å²) in [6, 6.07) is 6.53. The van der Waals surface area contributed by atoms with Crippen molar-refractivity contribution in [2.24, 2.45) is 11.1 Å². The van der Waals surface area contributed by atoms with Gasteiger partial charge in [-0.25, -0.2) is 0 Å². The number of likely N-dealkylation sites (tertiary alicyclic amines) is 1. The normalized spacial score (nSPS) is 26.6. The SMILES string of the molecule is NC(=O)c1ccc2[nH]c(CN3CCC[C@]4(CCC[C@H]4O)C3)cc(=O)c2c1. The number of nitrogens with two attached hydrogens (primary N) is 1. The van der Waals surface area contributed by atoms with Crippen molar-refractivity contribution in [1.82, 2.24) is 9.88 Å². The number of rotatable bonds is 3. The molecule has 1 aromatic heterocycles. The number of aromatic amines is 1. The summed E-state index contributed by atoms with van der Waals surface area (Å²) >= 11 is 0. The van der Waals surface area contributed by atoms with Crippen LogP contribution in [0.3, 0.4) is 0 Å². The number of aliphatic hydroxyl groups is 1. The average Bonchev–Trinajstić information content (AvgIpc) is 2.94. The number of benzene rings is 1. The highest BCUT2D eigenvalue weighted by Gasteiger charge is 2.44. The summed E-state index contributed by atoms with van der Waals surface area (Å²) in [7, 11) is 0. The molecule has 138 valence electrons. The standard InChI is InChI=1S/C20H25N3O3/c21-19(26)13-4-5-16-15(9-13)17(24)10-14(22-16)11-23-8-2-7-20(12-23)6-1-3-18(20)25/h4-5,9-10,18,25H,1-3,6-8,11-12H2,(H2,21,26)(H,22,24)/t18-,20-/m1/s1. The van der Waals surface area contributed by atoms with E-state index in [1.54, 1.807) is 24.3 Å². The van der Waals surface area contributed by atoms with E-state index in [0.717, 1.165) is 50.9 Å². The van der Waals surface area contributed by atoms with Gasteiger partial charge in [0.15, 0.2) is 5.43 Å². The molecule has 1 saturated heterocycles. The fourth-order valence-electron chi connectivity index (χ4n) is 4.77. The highest BCUT2D eigenvalue weighted by atomic mass is 16.3. The van der Waals surface area contributed by atoms with Crippen LogP contribution in [0.15, 0.2) is 29.1 Å². The molecule has 1 spiro atoms. The Hall–Kier alpha value is -2.18. The summed E-state index contributed by atoms with van der Waals surface area (Å²) in [5.41, 5.74) is 7.13. The Bertz CT molecular complexity index is 907. The lowest BCUT2D eigenvalue weighted by atomic mass is 9.76. The molecule has 0 unspecified atom stereocenters. The first-order valence-electron chi connectivity index (χ1n) is 9.33. The quantitative estimate of drug-likeness (QED) is 0.781. The van der Waals surface area contributed by atoms with Crippen LogP contribution in [-0.2, 0) is 6.54 Å². The molecule has 2 heterocycles. The molecule has 26 heavy (non-hydrogen) atoms. The number of hydrogen-bond donors (Lipinski definition) is 3. The minimum absolute atomic E-state index is 0.0335. The number of carbonyl (C=O) groups excluding carboxylic acids is 1. The number of H-pyrrole nitrogens is 1. The first-order chi connectivity index (χ1) is 12.5. The molecule has 1 aliphatic carbocycles. The minimum atomic E-state index is -0.538. The van der Waals surface area contributed by atoms with E-state index in [4.69, 9.17) is 5.73 Å². The number of aliphatic hydroxyl groups excluding tert-OH is 1. The van der Waals surface area contributed by atoms with Crippen molar-refractivity contribution in [3.63, 3.8) is 0 Å². The van der Waals surface area contributed by atoms with E-state index >= 15 is 0 Å². The topological polar surface area (TPSA) is 99.4 Å². The van der Waals surface area contributed by atoms with Crippen LogP contribution in [-0.4, -0.2) is 40.1 Å². The number of fused-ring (bicyclic) bond motifs is 1. The van der Waals surface area contributed by atoms with E-state index < -0.39 is 5.91 Å². The first-order valence-corrected chi connectivity index (χ1v) is 9.33. The molecular formula is C20H25N3O3. The fraction of sp³-hybridized carbons (Fsp3) is 0.500. The van der Waals surface area contributed by atoms with Gasteiger partial charge >= 0.3 is 0 Å². The van der Waals surface area contributed by atoms with Crippen molar-refractivity contribution in [3.05, 3.63) is 45.7 Å². The van der Waals surface area contributed by atoms with Crippen LogP contribution in [0.25, 0.3) is 10.9 Å². The number of primary amides is 1. The van der Waals surface area contributed by atoms with E-state index in [1.165, 1.54) is 0 Å². The van der Waals surface area contributed by atoms with Gasteiger partial charge in [-0.3, -0.25) is 14.5 Å². The van der Waals surface area contributed by atoms with Gasteiger partial charge in [-0.2, -0.15) is 0 Å². The zero-order chi connectivity index (χ0) is 18.3. The number of aromatic nitrogens is 1. The minimum Gasteiger partial charge on any atom is -0.393 e. The summed E-state index contributed by atoms with van der Waals surface area (Å²) < 4.78 is 0. The third-order valence-corrected chi connectivity index (χ3v) is 6.11. The molecule has 0 radical (unpaired) electrons. The molecule has 4 N–H and O–H groups in total. The van der Waals surface area contributed by atoms with Gasteiger partial charge in [0.1, 0.15) is 0 Å². The van der Waals surface area contributed by atoms with E-state index in [2.05, 4.69) is 9.88 Å². The third-order valence-electron chi connectivity index (χ3n) is 6.11. The molecule has 1 amide bonds. The van der Waals surface area contributed by atoms with Crippen LogP contribution in [0.2, 0.25) is 0 Å². The molecule has 1 aliphatic heterocycles. The number of amides is 1. The highest BCUT2D eigenvalue weighted by molar-refractivity contribution is 5.96. The van der Waals surface area contributed by atoms with Crippen LogP contribution in [0.4, 0.5) is 0 Å². The predicted octanol–water partition coefficient (Wildman–Crippen LogP) is 1.75. The van der Waals surface area contributed by atoms with E-state index in [1.807, 2.05) is 0 Å². The highest BCUT2D eigenvalue weighted by Crippen LogP contribution is 2.45. The van der Waals surface area contributed by atoms with Crippen molar-refractivity contribution in [2.45, 2.75) is 44.8 Å². The van der Waals surface area contributed by atoms with Crippen molar-refractivity contribution in [1.29, 1.82) is 0 Å². The molecule has 2 aliphatic rings. The Kier molecular flexibility index (Phi) is 4.32. The van der Waals surface area contributed by atoms with Gasteiger partial charge in [0.05, 0.1) is 6.10 Å². The van der Waals surface area contributed by atoms with Crippen LogP contribution in [0.1, 0.15) is 48.2 Å². The molecule has 2 fully saturated rings. The Morgan fingerprint density at radius 3 is 2.85 bits per heavy atom. The van der Waals surface area contributed by atoms with Crippen LogP contribution < -0.4 is 11.2 Å². The lowest BCUT2D eigenvalue weighted by Crippen LogP contribution is -2.46. The van der Waals surface area contributed by atoms with E-state index in [-0.39, 0.29) is 16.9 Å². The molecule has 2 atom stereocenters. The largest absolute Gasteiger partial charge is 0.393 e. The van der Waals surface area contributed by atoms with Crippen molar-refractivity contribution in [3.8, 4) is 0 Å². The maximum Gasteiger partial charge on any atom is 0.248 e. The molecule has 6 heteroatoms. The molecule has 0 bridgehead atoms. The fourth-order valence-corrected chi connectivity index (χ4v) is 4.77. The van der Waals surface area contributed by atoms with Gasteiger partial charge in [-0.15, -0.1) is 0 Å². The molecule has 4 rings (SSSR count). The number of nitrogens with one attached hydrogen (secondary N) is 1. The number of pyridine rings is 1. The Balaban J connectivity index is 1.58. The summed E-state index contributed by atoms with van der Waals surface area (Å²) in [6.07, 6.45) is 5.07. The predicted molar refractivity (Wildman–Crippen MR) is 99.9 cm³/mol. The first kappa shape index (κ1) is 17.2. The summed E-state index contributed by atoms with van der Waals surface area (Å²) in [5, 5.41) is 10.9. The lowest BCUT2D eigenvalue weighted by Gasteiger charge is -2.42. The van der Waals surface area contributed by atoms with Crippen LogP contribution in [0.5, 0.6) is 0 Å². The van der Waals surface area contributed by atoms with Gasteiger partial charge in [0.25, 0.3) is 0 Å². The summed E-state index contributed by atoms with van der Waals surface area (Å²) in [5.74, 6) is -0.538. The molecule has 1 saturated carbocycles. The molecule has 2 aromatic rings. The van der Waals surface area contributed by atoms with Crippen molar-refractivity contribution in [2.75, 3.05) is 13.1 Å². The zero-order valence-corrected chi connectivity index (χ0v) is 14.8. The number of nitrogens with zero attached hydrogens (tertiary/aromatic N) is 1. The maximum absolute atomic E-state index is 12.5. The maximum atomic E-state index is 12.5. The second-order valence-electron chi connectivity index (χ2n) is 7.87. The summed E-state index contributed by atoms with van der Waals surface area (Å²) in [4.78, 5) is 29.5. The van der Waals surface area contributed by atoms with Gasteiger partial charge in [0.2, 0.25) is 5.91 Å². The smallest absolute Gasteiger partial charge is 0.248 e. The van der Waals surface area contributed by atoms with Gasteiger partial charge < -0.3 is 15.8 Å². The van der Waals surface area contributed by atoms with E-state index in [9.17, 15) is 14.7 Å². The number of carbonyl (C=O) groups is 1. The van der Waals surface area contributed by atoms with E-state index in [0.29, 0.717) is 23.0 Å². The monoisotopic (exact) mass is 355 g/mol. The summed E-state index contributed by atoms with van der Waals surface area (Å²) in [6.45, 7) is 2.53. The Morgan fingerprint density at radius 1 is 1.31 bits per heavy atom.